The van der Waals surface area contributed by atoms with Crippen molar-refractivity contribution in [3.8, 4) is 0 Å². The van der Waals surface area contributed by atoms with E-state index in [0.717, 1.165) is 35.7 Å². The van der Waals surface area contributed by atoms with Gasteiger partial charge in [0.15, 0.2) is 7.14 Å². The molecule has 0 unspecified atom stereocenters. The molecule has 0 saturated heterocycles. The summed E-state index contributed by atoms with van der Waals surface area (Å²) < 4.78 is 109. The van der Waals surface area contributed by atoms with E-state index in [9.17, 15) is 44.1 Å². The molecule has 0 amide bonds. The average Bonchev–Trinajstić information content (AvgIpc) is 2.84. The van der Waals surface area contributed by atoms with Crippen molar-refractivity contribution < 1.29 is 70.0 Å². The van der Waals surface area contributed by atoms with Crippen molar-refractivity contribution in [3.05, 3.63) is 65.7 Å². The van der Waals surface area contributed by atoms with E-state index in [1.807, 2.05) is 24.3 Å². The van der Waals surface area contributed by atoms with Gasteiger partial charge in [0.1, 0.15) is 10.1 Å². The van der Waals surface area contributed by atoms with Crippen LogP contribution in [0.3, 0.4) is 0 Å². The molecule has 16 heteroatoms. The quantitative estimate of drug-likeness (QED) is 0.0712. The normalized spacial score (nSPS) is 12.4. The van der Waals surface area contributed by atoms with Crippen molar-refractivity contribution in [2.45, 2.75) is 62.0 Å². The van der Waals surface area contributed by atoms with Crippen molar-refractivity contribution in [1.82, 2.24) is 0 Å². The molecule has 41 heavy (non-hydrogen) atoms. The summed E-state index contributed by atoms with van der Waals surface area (Å²) in [5.74, 6) is -2.67. The summed E-state index contributed by atoms with van der Waals surface area (Å²) in [5.41, 5.74) is 0. The molecule has 0 aromatic heterocycles. The number of unbranched alkanes of at least 4 members (excludes halogenated alkanes) is 6. The largest absolute Gasteiger partial charge is 0.747 e. The minimum absolute atomic E-state index is 0.0774. The smallest absolute Gasteiger partial charge is 0.426 e. The Hall–Kier alpha value is -1.00. The first-order valence-electron chi connectivity index (χ1n) is 12.0. The van der Waals surface area contributed by atoms with Crippen LogP contribution in [0.2, 0.25) is 10.0 Å². The molecule has 0 aliphatic rings. The van der Waals surface area contributed by atoms with Crippen LogP contribution in [-0.4, -0.2) is 48.5 Å². The van der Waals surface area contributed by atoms with Crippen LogP contribution >= 0.6 is 34.8 Å². The van der Waals surface area contributed by atoms with E-state index in [-0.39, 0.29) is 27.6 Å². The van der Waals surface area contributed by atoms with E-state index in [0.29, 0.717) is 18.7 Å². The highest BCUT2D eigenvalue weighted by Gasteiger charge is 2.81. The maximum Gasteiger partial charge on any atom is 0.426 e. The predicted molar refractivity (Wildman–Crippen MR) is 139 cm³/mol. The van der Waals surface area contributed by atoms with Gasteiger partial charge in [0.05, 0.1) is 6.61 Å². The van der Waals surface area contributed by atoms with Gasteiger partial charge in [0.25, 0.3) is 0 Å². The summed E-state index contributed by atoms with van der Waals surface area (Å²) in [5, 5.41) is 1.58. The monoisotopic (exact) mass is 784 g/mol. The Balaban J connectivity index is 0.000000468. The molecule has 2 rings (SSSR count). The van der Waals surface area contributed by atoms with Crippen molar-refractivity contribution >= 4 is 50.9 Å². The van der Waals surface area contributed by atoms with Gasteiger partial charge in [-0.05, 0) is 61.4 Å². The fraction of sp³-hybridized carbons (Fsp3) is 0.480. The Morgan fingerprint density at radius 3 is 1.44 bits per heavy atom. The maximum absolute atomic E-state index is 12.8. The first-order valence-corrected chi connectivity index (χ1v) is 16.8. The van der Waals surface area contributed by atoms with Gasteiger partial charge in [0.2, 0.25) is 0 Å². The molecule has 232 valence electrons. The number of benzene rings is 2. The molecule has 0 aliphatic carbocycles. The fourth-order valence-electron chi connectivity index (χ4n) is 3.24. The van der Waals surface area contributed by atoms with Crippen LogP contribution in [0.4, 0.5) is 26.3 Å². The van der Waals surface area contributed by atoms with Gasteiger partial charge in [-0.3, -0.25) is 0 Å². The molecule has 0 spiro atoms. The number of esters is 1. The van der Waals surface area contributed by atoms with Gasteiger partial charge in [-0.25, -0.2) is 13.2 Å². The number of hydrogen-bond donors (Lipinski definition) is 0. The fourth-order valence-corrected chi connectivity index (χ4v) is 6.66. The molecule has 0 bridgehead atoms. The molecule has 0 aliphatic heterocycles. The van der Waals surface area contributed by atoms with E-state index in [2.05, 4.69) is 29.0 Å². The zero-order valence-electron chi connectivity index (χ0n) is 21.2. The second kappa shape index (κ2) is 17.3. The lowest BCUT2D eigenvalue weighted by Crippen LogP contribution is -3.61. The van der Waals surface area contributed by atoms with Gasteiger partial charge in [-0.15, -0.1) is 11.6 Å². The summed E-state index contributed by atoms with van der Waals surface area (Å²) in [6, 6.07) is 16.1. The number of rotatable bonds is 13. The van der Waals surface area contributed by atoms with Crippen molar-refractivity contribution in [2.24, 2.45) is 0 Å². The second-order valence-electron chi connectivity index (χ2n) is 8.40. The Morgan fingerprint density at radius 1 is 0.732 bits per heavy atom. The van der Waals surface area contributed by atoms with Crippen LogP contribution in [0, 0.1) is 7.14 Å². The minimum Gasteiger partial charge on any atom is -0.747 e. The van der Waals surface area contributed by atoms with Gasteiger partial charge >= 0.3 is 44.3 Å². The van der Waals surface area contributed by atoms with Crippen molar-refractivity contribution in [3.63, 3.8) is 0 Å². The Bertz CT molecular complexity index is 1120. The zero-order valence-corrected chi connectivity index (χ0v) is 26.5. The topological polar surface area (TPSA) is 83.5 Å². The molecule has 0 atom stereocenters. The highest BCUT2D eigenvalue weighted by atomic mass is 127. The van der Waals surface area contributed by atoms with E-state index in [1.165, 1.54) is 7.14 Å². The third-order valence-electron chi connectivity index (χ3n) is 5.30. The SMILES string of the molecule is Clc1ccc([I+]c2ccc(Cl)cc2)cc1.O=C(OCCCCCCCCCCl)C(C(F)(F)F)(C(F)(F)F)S(=O)(=O)[O-]. The lowest BCUT2D eigenvalue weighted by atomic mass is 10.1. The lowest BCUT2D eigenvalue weighted by Gasteiger charge is -2.36. The molecule has 2 aromatic rings. The lowest BCUT2D eigenvalue weighted by molar-refractivity contribution is -0.597. The van der Waals surface area contributed by atoms with Crippen LogP contribution in [-0.2, 0) is 19.6 Å². The van der Waals surface area contributed by atoms with Gasteiger partial charge in [-0.2, -0.15) is 26.3 Å². The van der Waals surface area contributed by atoms with E-state index in [1.54, 1.807) is 0 Å². The third-order valence-corrected chi connectivity index (χ3v) is 10.1. The Morgan fingerprint density at radius 2 is 1.10 bits per heavy atom. The molecule has 2 aromatic carbocycles. The maximum atomic E-state index is 12.8. The summed E-state index contributed by atoms with van der Waals surface area (Å²) >= 11 is 17.0. The molecule has 0 saturated carbocycles. The first kappa shape index (κ1) is 38.0. The predicted octanol–water partition coefficient (Wildman–Crippen LogP) is 5.03. The van der Waals surface area contributed by atoms with Crippen LogP contribution in [0.1, 0.15) is 44.9 Å². The number of carbonyl (C=O) groups excluding carboxylic acids is 1. The Labute approximate surface area is 259 Å². The van der Waals surface area contributed by atoms with E-state index >= 15 is 0 Å². The van der Waals surface area contributed by atoms with Gasteiger partial charge < -0.3 is 9.29 Å². The van der Waals surface area contributed by atoms with Crippen LogP contribution in [0.15, 0.2) is 48.5 Å². The minimum atomic E-state index is -7.19. The number of halogens is 10. The highest BCUT2D eigenvalue weighted by molar-refractivity contribution is 7.88. The molecule has 0 N–H and O–H groups in total. The molecule has 0 fully saturated rings. The number of ether oxygens (including phenoxy) is 1. The molecule has 0 heterocycles. The molecular weight excluding hydrogens is 760 g/mol. The third kappa shape index (κ3) is 11.9. The van der Waals surface area contributed by atoms with Crippen LogP contribution < -0.4 is 21.2 Å². The summed E-state index contributed by atoms with van der Waals surface area (Å²) in [6.07, 6.45) is -9.31. The van der Waals surface area contributed by atoms with Crippen molar-refractivity contribution in [2.75, 3.05) is 12.5 Å². The van der Waals surface area contributed by atoms with E-state index in [4.69, 9.17) is 34.8 Å². The number of alkyl halides is 7. The van der Waals surface area contributed by atoms with E-state index < -0.39 is 39.8 Å². The highest BCUT2D eigenvalue weighted by Crippen LogP contribution is 2.49. The van der Waals surface area contributed by atoms with Crippen molar-refractivity contribution in [1.29, 1.82) is 0 Å². The van der Waals surface area contributed by atoms with Crippen LogP contribution in [0.5, 0.6) is 0 Å². The molecule has 5 nitrogen and oxygen atoms in total. The second-order valence-corrected chi connectivity index (χ2v) is 14.2. The summed E-state index contributed by atoms with van der Waals surface area (Å²) in [4.78, 5) is 11.4. The average molecular weight is 786 g/mol. The first-order chi connectivity index (χ1) is 19.0. The van der Waals surface area contributed by atoms with Gasteiger partial charge in [0, 0.05) is 15.9 Å². The molecular formula is C25H26Cl3F6IO5S. The standard InChI is InChI=1S/C13H19ClF6O5S.C12H8Cl2I/c14-8-6-4-2-1-3-5-7-9-25-10(21)11(12(15,16)17,13(18,19)20)26(22,23)24;13-9-1-5-11(6-2-9)15-12-7-3-10(14)4-8-12/h1-9H2,(H,22,23,24);1-8H/q;+1/p-1. The summed E-state index contributed by atoms with van der Waals surface area (Å²) in [7, 11) is -7.19. The zero-order chi connectivity index (χ0) is 31.3. The number of carbonyl (C=O) groups is 1. The van der Waals surface area contributed by atoms with Gasteiger partial charge in [-0.1, -0.05) is 55.3 Å². The Kier molecular flexibility index (Phi) is 16.1. The summed E-state index contributed by atoms with van der Waals surface area (Å²) in [6.45, 7) is -0.871. The molecule has 0 radical (unpaired) electrons. The van der Waals surface area contributed by atoms with Crippen LogP contribution in [0.25, 0.3) is 0 Å². The number of hydrogen-bond acceptors (Lipinski definition) is 5.